The Kier molecular flexibility index (Phi) is 6.10. The molecule has 0 aliphatic rings. The molecule has 0 unspecified atom stereocenters. The summed E-state index contributed by atoms with van der Waals surface area (Å²) < 4.78 is 15.4. The minimum Gasteiger partial charge on any atom is -0.491 e. The van der Waals surface area contributed by atoms with Crippen molar-refractivity contribution < 1.29 is 19.0 Å². The lowest BCUT2D eigenvalue weighted by Gasteiger charge is -2.07. The van der Waals surface area contributed by atoms with Crippen LogP contribution in [-0.4, -0.2) is 32.4 Å². The molecule has 0 amide bonds. The Hall–Kier alpha value is -1.55. The van der Waals surface area contributed by atoms with Gasteiger partial charge in [-0.05, 0) is 19.1 Å². The quantitative estimate of drug-likeness (QED) is 0.538. The number of hydrogen-bond donors (Lipinski definition) is 0. The lowest BCUT2D eigenvalue weighted by Crippen LogP contribution is -2.12. The van der Waals surface area contributed by atoms with Gasteiger partial charge < -0.3 is 14.2 Å². The van der Waals surface area contributed by atoms with Gasteiger partial charge in [0.2, 0.25) is 0 Å². The third kappa shape index (κ3) is 6.58. The van der Waals surface area contributed by atoms with Crippen LogP contribution < -0.4 is 4.74 Å². The van der Waals surface area contributed by atoms with Gasteiger partial charge in [0.25, 0.3) is 0 Å². The van der Waals surface area contributed by atoms with Crippen molar-refractivity contribution in [2.45, 2.75) is 13.8 Å². The van der Waals surface area contributed by atoms with Crippen LogP contribution in [0.2, 0.25) is 0 Å². The Balaban J connectivity index is 2.01. The molecule has 0 saturated heterocycles. The van der Waals surface area contributed by atoms with Gasteiger partial charge in [0.15, 0.2) is 0 Å². The van der Waals surface area contributed by atoms with E-state index in [9.17, 15) is 4.79 Å². The number of carbonyl (C=O) groups is 1. The fraction of sp³-hybridized carbons (Fsp3) is 0.462. The van der Waals surface area contributed by atoms with Gasteiger partial charge in [0.05, 0.1) is 13.2 Å². The van der Waals surface area contributed by atoms with Crippen LogP contribution in [0.3, 0.4) is 0 Å². The fourth-order valence-electron chi connectivity index (χ4n) is 1.20. The van der Waals surface area contributed by atoms with E-state index in [4.69, 9.17) is 14.2 Å². The molecule has 4 nitrogen and oxygen atoms in total. The molecule has 1 rings (SSSR count). The number of aryl methyl sites for hydroxylation is 1. The van der Waals surface area contributed by atoms with Crippen LogP contribution in [0, 0.1) is 6.92 Å². The van der Waals surface area contributed by atoms with E-state index in [1.165, 1.54) is 12.5 Å². The van der Waals surface area contributed by atoms with Crippen LogP contribution in [0.1, 0.15) is 12.5 Å². The van der Waals surface area contributed by atoms with Gasteiger partial charge in [0, 0.05) is 6.92 Å². The molecular formula is C13H18O4. The van der Waals surface area contributed by atoms with Crippen molar-refractivity contribution in [2.75, 3.05) is 26.4 Å². The van der Waals surface area contributed by atoms with Crippen LogP contribution in [0.15, 0.2) is 24.3 Å². The normalized spacial score (nSPS) is 10.0. The maximum absolute atomic E-state index is 10.4. The second-order valence-electron chi connectivity index (χ2n) is 3.61. The molecule has 0 aliphatic heterocycles. The third-order valence-electron chi connectivity index (χ3n) is 2.05. The van der Waals surface area contributed by atoms with E-state index in [-0.39, 0.29) is 5.97 Å². The topological polar surface area (TPSA) is 44.8 Å². The molecule has 0 fully saturated rings. The van der Waals surface area contributed by atoms with Gasteiger partial charge in [-0.2, -0.15) is 0 Å². The van der Waals surface area contributed by atoms with Gasteiger partial charge in [-0.15, -0.1) is 0 Å². The predicted molar refractivity (Wildman–Crippen MR) is 64.1 cm³/mol. The summed E-state index contributed by atoms with van der Waals surface area (Å²) in [5.41, 5.74) is 1.20. The van der Waals surface area contributed by atoms with Gasteiger partial charge in [0.1, 0.15) is 19.0 Å². The van der Waals surface area contributed by atoms with Crippen molar-refractivity contribution in [2.24, 2.45) is 0 Å². The Labute approximate surface area is 101 Å². The molecule has 1 aromatic rings. The Bertz CT molecular complexity index is 332. The van der Waals surface area contributed by atoms with Crippen LogP contribution in [0.4, 0.5) is 0 Å². The second kappa shape index (κ2) is 7.68. The molecule has 1 aromatic carbocycles. The summed E-state index contributed by atoms with van der Waals surface area (Å²) in [7, 11) is 0. The van der Waals surface area contributed by atoms with Crippen LogP contribution in [0.25, 0.3) is 0 Å². The number of benzene rings is 1. The van der Waals surface area contributed by atoms with E-state index in [0.29, 0.717) is 26.4 Å². The molecule has 0 heterocycles. The molecule has 0 N–H and O–H groups in total. The van der Waals surface area contributed by atoms with Crippen LogP contribution >= 0.6 is 0 Å². The van der Waals surface area contributed by atoms with E-state index in [2.05, 4.69) is 0 Å². The molecule has 0 spiro atoms. The highest BCUT2D eigenvalue weighted by molar-refractivity contribution is 5.65. The maximum atomic E-state index is 10.4. The zero-order valence-corrected chi connectivity index (χ0v) is 10.3. The van der Waals surface area contributed by atoms with Gasteiger partial charge >= 0.3 is 5.97 Å². The summed E-state index contributed by atoms with van der Waals surface area (Å²) >= 11 is 0. The molecule has 94 valence electrons. The number of rotatable bonds is 7. The van der Waals surface area contributed by atoms with E-state index in [1.54, 1.807) is 0 Å². The molecule has 0 saturated carbocycles. The van der Waals surface area contributed by atoms with Gasteiger partial charge in [-0.3, -0.25) is 4.79 Å². The highest BCUT2D eigenvalue weighted by Crippen LogP contribution is 2.10. The fourth-order valence-corrected chi connectivity index (χ4v) is 1.20. The molecule has 0 radical (unpaired) electrons. The number of ether oxygens (including phenoxy) is 3. The number of esters is 1. The molecular weight excluding hydrogens is 220 g/mol. The molecule has 17 heavy (non-hydrogen) atoms. The van der Waals surface area contributed by atoms with Crippen LogP contribution in [-0.2, 0) is 14.3 Å². The third-order valence-corrected chi connectivity index (χ3v) is 2.05. The average molecular weight is 238 g/mol. The van der Waals surface area contributed by atoms with E-state index >= 15 is 0 Å². The largest absolute Gasteiger partial charge is 0.491 e. The molecule has 0 aromatic heterocycles. The monoisotopic (exact) mass is 238 g/mol. The summed E-state index contributed by atoms with van der Waals surface area (Å²) in [6.45, 7) is 5.07. The van der Waals surface area contributed by atoms with E-state index in [0.717, 1.165) is 5.75 Å². The molecule has 4 heteroatoms. The van der Waals surface area contributed by atoms with E-state index in [1.807, 2.05) is 31.2 Å². The van der Waals surface area contributed by atoms with Crippen molar-refractivity contribution in [1.82, 2.24) is 0 Å². The predicted octanol–water partition coefficient (Wildman–Crippen LogP) is 1.95. The van der Waals surface area contributed by atoms with Crippen molar-refractivity contribution in [3.05, 3.63) is 29.8 Å². The highest BCUT2D eigenvalue weighted by atomic mass is 16.6. The minimum absolute atomic E-state index is 0.287. The van der Waals surface area contributed by atoms with Gasteiger partial charge in [-0.25, -0.2) is 0 Å². The summed E-state index contributed by atoms with van der Waals surface area (Å²) in [5, 5.41) is 0. The Morgan fingerprint density at radius 2 is 1.71 bits per heavy atom. The lowest BCUT2D eigenvalue weighted by molar-refractivity contribution is -0.142. The van der Waals surface area contributed by atoms with Gasteiger partial charge in [-0.1, -0.05) is 17.7 Å². The molecule has 0 aliphatic carbocycles. The zero-order valence-electron chi connectivity index (χ0n) is 10.3. The van der Waals surface area contributed by atoms with Crippen LogP contribution in [0.5, 0.6) is 5.75 Å². The highest BCUT2D eigenvalue weighted by Gasteiger charge is 1.95. The smallest absolute Gasteiger partial charge is 0.302 e. The zero-order chi connectivity index (χ0) is 12.5. The van der Waals surface area contributed by atoms with Crippen molar-refractivity contribution in [3.63, 3.8) is 0 Å². The standard InChI is InChI=1S/C13H18O4/c1-11-3-5-13(6-4-11)17-10-8-15-7-9-16-12(2)14/h3-6H,7-10H2,1-2H3. The first-order valence-electron chi connectivity index (χ1n) is 5.59. The summed E-state index contributed by atoms with van der Waals surface area (Å²) in [6.07, 6.45) is 0. The summed E-state index contributed by atoms with van der Waals surface area (Å²) in [5.74, 6) is 0.545. The van der Waals surface area contributed by atoms with Crippen molar-refractivity contribution in [1.29, 1.82) is 0 Å². The Morgan fingerprint density at radius 1 is 1.06 bits per heavy atom. The molecule has 0 bridgehead atoms. The average Bonchev–Trinajstić information content (AvgIpc) is 2.30. The second-order valence-corrected chi connectivity index (χ2v) is 3.61. The van der Waals surface area contributed by atoms with Crippen molar-refractivity contribution in [3.8, 4) is 5.75 Å². The maximum Gasteiger partial charge on any atom is 0.302 e. The summed E-state index contributed by atoms with van der Waals surface area (Å²) in [6, 6.07) is 7.84. The van der Waals surface area contributed by atoms with E-state index < -0.39 is 0 Å². The first-order chi connectivity index (χ1) is 8.18. The molecule has 0 atom stereocenters. The number of carbonyl (C=O) groups excluding carboxylic acids is 1. The Morgan fingerprint density at radius 3 is 2.35 bits per heavy atom. The minimum atomic E-state index is -0.287. The SMILES string of the molecule is CC(=O)OCCOCCOc1ccc(C)cc1. The first-order valence-corrected chi connectivity index (χ1v) is 5.59. The number of hydrogen-bond acceptors (Lipinski definition) is 4. The first kappa shape index (κ1) is 13.5. The summed E-state index contributed by atoms with van der Waals surface area (Å²) in [4.78, 5) is 10.4. The van der Waals surface area contributed by atoms with Crippen molar-refractivity contribution >= 4 is 5.97 Å². The lowest BCUT2D eigenvalue weighted by atomic mass is 10.2.